The van der Waals surface area contributed by atoms with Gasteiger partial charge in [0.15, 0.2) is 5.69 Å². The molecule has 0 bridgehead atoms. The summed E-state index contributed by atoms with van der Waals surface area (Å²) in [6.45, 7) is 9.27. The number of nitrogens with one attached hydrogen (secondary N) is 1. The van der Waals surface area contributed by atoms with E-state index >= 15 is 0 Å². The van der Waals surface area contributed by atoms with Crippen molar-refractivity contribution in [3.8, 4) is 0 Å². The minimum Gasteiger partial charge on any atom is -0.464 e. The van der Waals surface area contributed by atoms with Gasteiger partial charge in [0.1, 0.15) is 5.82 Å². The molecule has 0 aliphatic rings. The van der Waals surface area contributed by atoms with Crippen molar-refractivity contribution in [2.24, 2.45) is 0 Å². The highest BCUT2D eigenvalue weighted by molar-refractivity contribution is 5.87. The number of anilines is 1. The van der Waals surface area contributed by atoms with E-state index in [1.807, 2.05) is 0 Å². The number of hydrogen-bond acceptors (Lipinski definition) is 6. The summed E-state index contributed by atoms with van der Waals surface area (Å²) in [6.07, 6.45) is 3.00. The van der Waals surface area contributed by atoms with Gasteiger partial charge in [0.25, 0.3) is 0 Å². The zero-order valence-electron chi connectivity index (χ0n) is 12.0. The second-order valence-electron chi connectivity index (χ2n) is 4.31. The first-order valence-corrected chi connectivity index (χ1v) is 6.49. The highest BCUT2D eigenvalue weighted by Crippen LogP contribution is 2.06. The van der Waals surface area contributed by atoms with Gasteiger partial charge in [-0.25, -0.2) is 9.78 Å². The Labute approximate surface area is 114 Å². The Morgan fingerprint density at radius 2 is 2.11 bits per heavy atom. The van der Waals surface area contributed by atoms with Gasteiger partial charge in [-0.1, -0.05) is 13.8 Å². The first-order chi connectivity index (χ1) is 9.10. The molecule has 1 unspecified atom stereocenters. The Hall–Kier alpha value is -1.69. The van der Waals surface area contributed by atoms with Crippen LogP contribution >= 0.6 is 0 Å². The molecule has 0 radical (unpaired) electrons. The Kier molecular flexibility index (Phi) is 6.21. The summed E-state index contributed by atoms with van der Waals surface area (Å²) in [6, 6.07) is 0.224. The van der Waals surface area contributed by atoms with Crippen LogP contribution in [-0.2, 0) is 4.74 Å². The molecule has 1 heterocycles. The van der Waals surface area contributed by atoms with Crippen molar-refractivity contribution in [1.29, 1.82) is 0 Å². The predicted octanol–water partition coefficient (Wildman–Crippen LogP) is 1.41. The van der Waals surface area contributed by atoms with E-state index < -0.39 is 5.97 Å². The molecule has 106 valence electrons. The van der Waals surface area contributed by atoms with Crippen LogP contribution in [0.15, 0.2) is 12.4 Å². The van der Waals surface area contributed by atoms with Crippen molar-refractivity contribution >= 4 is 11.8 Å². The van der Waals surface area contributed by atoms with E-state index in [-0.39, 0.29) is 11.7 Å². The van der Waals surface area contributed by atoms with E-state index in [4.69, 9.17) is 0 Å². The molecule has 0 aliphatic carbocycles. The van der Waals surface area contributed by atoms with E-state index in [1.54, 1.807) is 6.20 Å². The lowest BCUT2D eigenvalue weighted by molar-refractivity contribution is 0.0593. The molecule has 0 aromatic carbocycles. The fourth-order valence-electron chi connectivity index (χ4n) is 1.81. The lowest BCUT2D eigenvalue weighted by Crippen LogP contribution is -2.35. The fraction of sp³-hybridized carbons (Fsp3) is 0.615. The summed E-state index contributed by atoms with van der Waals surface area (Å²) in [4.78, 5) is 21.8. The lowest BCUT2D eigenvalue weighted by atomic mass is 10.3. The Bertz CT molecular complexity index is 407. The van der Waals surface area contributed by atoms with E-state index in [2.05, 4.69) is 45.7 Å². The number of aromatic nitrogens is 2. The van der Waals surface area contributed by atoms with E-state index in [1.165, 1.54) is 13.3 Å². The molecule has 1 N–H and O–H groups in total. The van der Waals surface area contributed by atoms with Gasteiger partial charge in [-0.05, 0) is 20.0 Å². The van der Waals surface area contributed by atoms with Crippen LogP contribution in [0.2, 0.25) is 0 Å². The van der Waals surface area contributed by atoms with Crippen LogP contribution in [0.1, 0.15) is 31.3 Å². The summed E-state index contributed by atoms with van der Waals surface area (Å²) in [7, 11) is 1.33. The second kappa shape index (κ2) is 7.68. The molecule has 1 atom stereocenters. The lowest BCUT2D eigenvalue weighted by Gasteiger charge is -2.23. The molecular formula is C13H22N4O2. The molecule has 0 spiro atoms. The standard InChI is InChI=1S/C13H22N4O2/c1-5-17(6-2)9-10(3)15-12-8-14-7-11(16-12)13(18)19-4/h7-8,10H,5-6,9H2,1-4H3,(H,15,16). The van der Waals surface area contributed by atoms with Gasteiger partial charge < -0.3 is 15.0 Å². The number of esters is 1. The molecule has 1 aromatic rings. The van der Waals surface area contributed by atoms with Gasteiger partial charge in [0.05, 0.1) is 19.5 Å². The fourth-order valence-corrected chi connectivity index (χ4v) is 1.81. The molecule has 0 amide bonds. The molecule has 0 saturated heterocycles. The first-order valence-electron chi connectivity index (χ1n) is 6.49. The van der Waals surface area contributed by atoms with Crippen LogP contribution in [0.25, 0.3) is 0 Å². The summed E-state index contributed by atoms with van der Waals surface area (Å²) in [5.74, 6) is 0.107. The van der Waals surface area contributed by atoms with Gasteiger partial charge in [0, 0.05) is 12.6 Å². The van der Waals surface area contributed by atoms with Gasteiger partial charge >= 0.3 is 5.97 Å². The number of likely N-dealkylation sites (N-methyl/N-ethyl adjacent to an activating group) is 1. The predicted molar refractivity (Wildman–Crippen MR) is 74.2 cm³/mol. The van der Waals surface area contributed by atoms with Crippen LogP contribution in [0.5, 0.6) is 0 Å². The van der Waals surface area contributed by atoms with Crippen molar-refractivity contribution < 1.29 is 9.53 Å². The van der Waals surface area contributed by atoms with Crippen molar-refractivity contribution in [2.75, 3.05) is 32.1 Å². The third-order valence-electron chi connectivity index (χ3n) is 2.85. The highest BCUT2D eigenvalue weighted by atomic mass is 16.5. The van der Waals surface area contributed by atoms with Crippen molar-refractivity contribution in [3.63, 3.8) is 0 Å². The smallest absolute Gasteiger partial charge is 0.358 e. The minimum absolute atomic E-state index is 0.211. The second-order valence-corrected chi connectivity index (χ2v) is 4.31. The quantitative estimate of drug-likeness (QED) is 0.753. The molecular weight excluding hydrogens is 244 g/mol. The van der Waals surface area contributed by atoms with Crippen LogP contribution in [0.3, 0.4) is 0 Å². The molecule has 0 aliphatic heterocycles. The Morgan fingerprint density at radius 3 is 2.68 bits per heavy atom. The van der Waals surface area contributed by atoms with Crippen molar-refractivity contribution in [1.82, 2.24) is 14.9 Å². The molecule has 1 aromatic heterocycles. The number of carbonyl (C=O) groups is 1. The van der Waals surface area contributed by atoms with E-state index in [9.17, 15) is 4.79 Å². The van der Waals surface area contributed by atoms with Crippen LogP contribution in [-0.4, -0.2) is 53.6 Å². The van der Waals surface area contributed by atoms with Crippen molar-refractivity contribution in [3.05, 3.63) is 18.1 Å². The van der Waals surface area contributed by atoms with Crippen molar-refractivity contribution in [2.45, 2.75) is 26.8 Å². The summed E-state index contributed by atoms with van der Waals surface area (Å²) in [5, 5.41) is 3.24. The van der Waals surface area contributed by atoms with Crippen LogP contribution in [0, 0.1) is 0 Å². The summed E-state index contributed by atoms with van der Waals surface area (Å²) < 4.78 is 4.62. The monoisotopic (exact) mass is 266 g/mol. The minimum atomic E-state index is -0.479. The molecule has 6 heteroatoms. The molecule has 19 heavy (non-hydrogen) atoms. The maximum Gasteiger partial charge on any atom is 0.358 e. The first kappa shape index (κ1) is 15.4. The van der Waals surface area contributed by atoms with Crippen LogP contribution < -0.4 is 5.32 Å². The number of ether oxygens (including phenoxy) is 1. The van der Waals surface area contributed by atoms with Crippen LogP contribution in [0.4, 0.5) is 5.82 Å². The maximum absolute atomic E-state index is 11.4. The third-order valence-corrected chi connectivity index (χ3v) is 2.85. The van der Waals surface area contributed by atoms with Gasteiger partial charge in [-0.3, -0.25) is 4.98 Å². The molecule has 0 saturated carbocycles. The number of carbonyl (C=O) groups excluding carboxylic acids is 1. The third kappa shape index (κ3) is 4.82. The SMILES string of the molecule is CCN(CC)CC(C)Nc1cncc(C(=O)OC)n1. The summed E-state index contributed by atoms with van der Waals surface area (Å²) >= 11 is 0. The molecule has 6 nitrogen and oxygen atoms in total. The number of nitrogens with zero attached hydrogens (tertiary/aromatic N) is 3. The summed E-state index contributed by atoms with van der Waals surface area (Å²) in [5.41, 5.74) is 0.211. The normalized spacial score (nSPS) is 12.3. The Balaban J connectivity index is 2.63. The van der Waals surface area contributed by atoms with Gasteiger partial charge in [-0.15, -0.1) is 0 Å². The average Bonchev–Trinajstić information content (AvgIpc) is 2.44. The van der Waals surface area contributed by atoms with E-state index in [0.717, 1.165) is 19.6 Å². The van der Waals surface area contributed by atoms with Gasteiger partial charge in [0.2, 0.25) is 0 Å². The maximum atomic E-state index is 11.4. The zero-order chi connectivity index (χ0) is 14.3. The molecule has 1 rings (SSSR count). The number of rotatable bonds is 7. The zero-order valence-corrected chi connectivity index (χ0v) is 12.0. The topological polar surface area (TPSA) is 67.4 Å². The number of hydrogen-bond donors (Lipinski definition) is 1. The van der Waals surface area contributed by atoms with E-state index in [0.29, 0.717) is 5.82 Å². The molecule has 0 fully saturated rings. The Morgan fingerprint density at radius 1 is 1.42 bits per heavy atom. The average molecular weight is 266 g/mol. The van der Waals surface area contributed by atoms with Gasteiger partial charge in [-0.2, -0.15) is 0 Å². The number of methoxy groups -OCH3 is 1. The highest BCUT2D eigenvalue weighted by Gasteiger charge is 2.11. The largest absolute Gasteiger partial charge is 0.464 e.